The Labute approximate surface area is 193 Å². The van der Waals surface area contributed by atoms with Crippen molar-refractivity contribution in [3.63, 3.8) is 0 Å². The molecule has 5 rings (SSSR count). The predicted molar refractivity (Wildman–Crippen MR) is 131 cm³/mol. The molecule has 0 heterocycles. The lowest BCUT2D eigenvalue weighted by molar-refractivity contribution is -0.149. The molecule has 0 aromatic rings. The van der Waals surface area contributed by atoms with Gasteiger partial charge >= 0.3 is 0 Å². The van der Waals surface area contributed by atoms with E-state index in [9.17, 15) is 5.11 Å². The molecule has 0 radical (unpaired) electrons. The maximum absolute atomic E-state index is 10.6. The number of hydrogen-bond donors (Lipinski definition) is 1. The van der Waals surface area contributed by atoms with E-state index in [0.29, 0.717) is 16.7 Å². The molecule has 5 saturated carbocycles. The van der Waals surface area contributed by atoms with Crippen molar-refractivity contribution in [1.29, 1.82) is 0 Å². The Balaban J connectivity index is 1.32. The van der Waals surface area contributed by atoms with Crippen molar-refractivity contribution in [2.45, 2.75) is 112 Å². The lowest BCUT2D eigenvalue weighted by Crippen LogP contribution is -2.56. The molecule has 0 bridgehead atoms. The fourth-order valence-corrected chi connectivity index (χ4v) is 10.9. The zero-order chi connectivity index (χ0) is 22.3. The number of aliphatic hydroxyl groups is 1. The molecule has 1 N–H and O–H groups in total. The smallest absolute Gasteiger partial charge is 0.0568 e. The Hall–Kier alpha value is -0.0400. The van der Waals surface area contributed by atoms with Gasteiger partial charge in [-0.25, -0.2) is 0 Å². The highest BCUT2D eigenvalue weighted by atomic mass is 16.3. The van der Waals surface area contributed by atoms with Crippen LogP contribution in [0.3, 0.4) is 0 Å². The van der Waals surface area contributed by atoms with Crippen molar-refractivity contribution in [2.24, 2.45) is 75.9 Å². The van der Waals surface area contributed by atoms with Crippen molar-refractivity contribution in [3.8, 4) is 0 Å². The van der Waals surface area contributed by atoms with Gasteiger partial charge in [0.05, 0.1) is 6.10 Å². The first-order valence-corrected chi connectivity index (χ1v) is 14.3. The average Bonchev–Trinajstić information content (AvgIpc) is 3.44. The van der Waals surface area contributed by atoms with Crippen LogP contribution in [0, 0.1) is 75.9 Å². The molecular formula is C30H52O. The van der Waals surface area contributed by atoms with E-state index in [4.69, 9.17) is 0 Å². The molecule has 13 atom stereocenters. The van der Waals surface area contributed by atoms with Crippen LogP contribution in [0.2, 0.25) is 0 Å². The highest BCUT2D eigenvalue weighted by Crippen LogP contribution is 2.70. The van der Waals surface area contributed by atoms with E-state index < -0.39 is 0 Å². The third-order valence-corrected chi connectivity index (χ3v) is 13.2. The van der Waals surface area contributed by atoms with Crippen LogP contribution in [0.4, 0.5) is 0 Å². The first-order valence-electron chi connectivity index (χ1n) is 14.3. The first-order chi connectivity index (χ1) is 14.6. The Morgan fingerprint density at radius 2 is 1.39 bits per heavy atom. The number of hydrogen-bond acceptors (Lipinski definition) is 1. The summed E-state index contributed by atoms with van der Waals surface area (Å²) < 4.78 is 0. The maximum atomic E-state index is 10.6. The molecule has 31 heavy (non-hydrogen) atoms. The molecule has 3 unspecified atom stereocenters. The quantitative estimate of drug-likeness (QED) is 0.484. The van der Waals surface area contributed by atoms with Gasteiger partial charge < -0.3 is 5.11 Å². The summed E-state index contributed by atoms with van der Waals surface area (Å²) in [5, 5.41) is 10.6. The van der Waals surface area contributed by atoms with Gasteiger partial charge in [-0.15, -0.1) is 0 Å². The van der Waals surface area contributed by atoms with Crippen molar-refractivity contribution in [2.75, 3.05) is 0 Å². The molecule has 1 nitrogen and oxygen atoms in total. The van der Waals surface area contributed by atoms with Crippen molar-refractivity contribution in [3.05, 3.63) is 0 Å². The third kappa shape index (κ3) is 3.32. The van der Waals surface area contributed by atoms with E-state index in [1.165, 1.54) is 51.4 Å². The van der Waals surface area contributed by atoms with Crippen LogP contribution < -0.4 is 0 Å². The van der Waals surface area contributed by atoms with E-state index in [1.54, 1.807) is 0 Å². The number of aliphatic hydroxyl groups excluding tert-OH is 1. The van der Waals surface area contributed by atoms with Gasteiger partial charge in [0.25, 0.3) is 0 Å². The molecule has 0 aromatic heterocycles. The monoisotopic (exact) mass is 428 g/mol. The van der Waals surface area contributed by atoms with Crippen LogP contribution >= 0.6 is 0 Å². The molecule has 0 amide bonds. The first kappa shape index (κ1) is 22.7. The minimum absolute atomic E-state index is 0.0417. The van der Waals surface area contributed by atoms with Gasteiger partial charge in [0.15, 0.2) is 0 Å². The predicted octanol–water partition coefficient (Wildman–Crippen LogP) is 7.82. The number of rotatable bonds is 4. The van der Waals surface area contributed by atoms with E-state index >= 15 is 0 Å². The van der Waals surface area contributed by atoms with Gasteiger partial charge in [0.2, 0.25) is 0 Å². The van der Waals surface area contributed by atoms with Gasteiger partial charge in [-0.3, -0.25) is 0 Å². The van der Waals surface area contributed by atoms with Crippen LogP contribution in [0.5, 0.6) is 0 Å². The molecule has 5 aliphatic rings. The van der Waals surface area contributed by atoms with E-state index in [0.717, 1.165) is 65.6 Å². The molecule has 5 aliphatic carbocycles. The fourth-order valence-electron chi connectivity index (χ4n) is 10.9. The summed E-state index contributed by atoms with van der Waals surface area (Å²) in [7, 11) is 0. The second-order valence-corrected chi connectivity index (χ2v) is 14.3. The normalized spacial score (nSPS) is 55.8. The highest BCUT2D eigenvalue weighted by molar-refractivity contribution is 5.11. The van der Waals surface area contributed by atoms with E-state index in [-0.39, 0.29) is 6.10 Å². The van der Waals surface area contributed by atoms with E-state index in [2.05, 4.69) is 48.5 Å². The van der Waals surface area contributed by atoms with Crippen molar-refractivity contribution in [1.82, 2.24) is 0 Å². The van der Waals surface area contributed by atoms with Gasteiger partial charge in [0.1, 0.15) is 0 Å². The molecule has 1 heteroatoms. The van der Waals surface area contributed by atoms with Gasteiger partial charge in [-0.2, -0.15) is 0 Å². The van der Waals surface area contributed by atoms with Crippen molar-refractivity contribution < 1.29 is 5.11 Å². The van der Waals surface area contributed by atoms with Crippen LogP contribution in [-0.2, 0) is 0 Å². The second kappa shape index (κ2) is 7.74. The molecule has 0 aromatic carbocycles. The summed E-state index contributed by atoms with van der Waals surface area (Å²) in [5.41, 5.74) is 1.11. The van der Waals surface area contributed by atoms with Crippen LogP contribution in [0.1, 0.15) is 106 Å². The summed E-state index contributed by atoms with van der Waals surface area (Å²) in [4.78, 5) is 0. The summed E-state index contributed by atoms with van der Waals surface area (Å²) >= 11 is 0. The lowest BCUT2D eigenvalue weighted by atomic mass is 9.43. The Morgan fingerprint density at radius 3 is 2.10 bits per heavy atom. The number of fused-ring (bicyclic) bond motifs is 5. The van der Waals surface area contributed by atoms with Crippen LogP contribution in [-0.4, -0.2) is 11.2 Å². The van der Waals surface area contributed by atoms with Crippen LogP contribution in [0.15, 0.2) is 0 Å². The Morgan fingerprint density at radius 1 is 0.742 bits per heavy atom. The molecule has 0 saturated heterocycles. The molecular weight excluding hydrogens is 376 g/mol. The minimum atomic E-state index is -0.0417. The van der Waals surface area contributed by atoms with Crippen LogP contribution in [0.25, 0.3) is 0 Å². The molecule has 0 aliphatic heterocycles. The van der Waals surface area contributed by atoms with Crippen molar-refractivity contribution >= 4 is 0 Å². The maximum Gasteiger partial charge on any atom is 0.0568 e. The average molecular weight is 429 g/mol. The zero-order valence-corrected chi connectivity index (χ0v) is 21.7. The summed E-state index contributed by atoms with van der Waals surface area (Å²) in [6.45, 7) is 17.8. The van der Waals surface area contributed by atoms with Gasteiger partial charge in [-0.05, 0) is 134 Å². The summed E-state index contributed by atoms with van der Waals surface area (Å²) in [5.74, 6) is 9.87. The molecule has 178 valence electrons. The molecule has 0 spiro atoms. The van der Waals surface area contributed by atoms with Gasteiger partial charge in [0, 0.05) is 0 Å². The minimum Gasteiger partial charge on any atom is -0.393 e. The fraction of sp³-hybridized carbons (Fsp3) is 1.00. The third-order valence-electron chi connectivity index (χ3n) is 13.2. The molecule has 5 fully saturated rings. The van der Waals surface area contributed by atoms with E-state index in [1.807, 2.05) is 0 Å². The highest BCUT2D eigenvalue weighted by Gasteiger charge is 2.62. The topological polar surface area (TPSA) is 20.2 Å². The largest absolute Gasteiger partial charge is 0.393 e. The zero-order valence-electron chi connectivity index (χ0n) is 21.7. The Kier molecular flexibility index (Phi) is 5.68. The standard InChI is InChI=1S/C30H52O/c1-17(2)18(3)22-16-23(22)19(4)24-10-11-26-21-8-9-25-20(5)28(31)13-15-30(25,7)27(21)12-14-29(24,26)6/h17-28,31H,8-16H2,1-7H3/t18-,19+,20-,21?,22-,23-,24+,25-,26?,27?,28-,29+,30-/m0/s1. The summed E-state index contributed by atoms with van der Waals surface area (Å²) in [6.07, 6.45) is 12.7. The second-order valence-electron chi connectivity index (χ2n) is 14.3. The van der Waals surface area contributed by atoms with Gasteiger partial charge in [-0.1, -0.05) is 48.5 Å². The summed E-state index contributed by atoms with van der Waals surface area (Å²) in [6, 6.07) is 0. The Bertz CT molecular complexity index is 669. The SMILES string of the molecule is CC(C)[C@H](C)[C@@H]1C[C@H]1[C@@H](C)[C@H]1CCC2C3CC[C@H]4[C@H](C)[C@@H](O)CC[C@]4(C)C3CC[C@@]21C. The lowest BCUT2D eigenvalue weighted by Gasteiger charge is -2.62.